The molecular weight excluding hydrogens is 389 g/mol. The third-order valence-corrected chi connectivity index (χ3v) is 4.91. The van der Waals surface area contributed by atoms with Crippen molar-refractivity contribution in [2.24, 2.45) is 17.5 Å². The molecule has 0 radical (unpaired) electrons. The molecule has 0 unspecified atom stereocenters. The van der Waals surface area contributed by atoms with E-state index in [1.54, 1.807) is 14.0 Å². The van der Waals surface area contributed by atoms with Gasteiger partial charge in [-0.15, -0.1) is 0 Å². The first kappa shape index (κ1) is 23.7. The van der Waals surface area contributed by atoms with Crippen LogP contribution in [0.15, 0.2) is 11.8 Å². The highest BCUT2D eigenvalue weighted by molar-refractivity contribution is 5.69. The summed E-state index contributed by atoms with van der Waals surface area (Å²) in [5.41, 5.74) is 7.03. The van der Waals surface area contributed by atoms with Gasteiger partial charge in [0, 0.05) is 13.1 Å². The molecule has 0 spiro atoms. The molecule has 1 aliphatic rings. The zero-order valence-electron chi connectivity index (χ0n) is 18.3. The highest BCUT2D eigenvalue weighted by atomic mass is 19.1. The second-order valence-corrected chi connectivity index (χ2v) is 8.10. The SMILES string of the molecule is Cc1nc(/C(N)=C(\CNC(=O)OCC(C)C)N(C)N)c(F)cc1OC1CCCCC1. The van der Waals surface area contributed by atoms with Crippen LogP contribution in [0.4, 0.5) is 9.18 Å². The molecule has 0 bridgehead atoms. The van der Waals surface area contributed by atoms with Gasteiger partial charge in [0.2, 0.25) is 0 Å². The summed E-state index contributed by atoms with van der Waals surface area (Å²) in [6.07, 6.45) is 4.86. The highest BCUT2D eigenvalue weighted by Gasteiger charge is 2.21. The molecule has 9 heteroatoms. The number of aryl methyl sites for hydroxylation is 1. The number of nitrogens with zero attached hydrogens (tertiary/aromatic N) is 2. The maximum absolute atomic E-state index is 14.8. The van der Waals surface area contributed by atoms with E-state index in [0.717, 1.165) is 25.7 Å². The monoisotopic (exact) mass is 423 g/mol. The summed E-state index contributed by atoms with van der Waals surface area (Å²) in [4.78, 5) is 16.1. The van der Waals surface area contributed by atoms with Crippen molar-refractivity contribution in [2.75, 3.05) is 20.2 Å². The standard InChI is InChI=1S/C21H34FN5O3/c1-13(2)12-29-21(28)25-11-17(27(4)24)19(23)20-16(22)10-18(14(3)26-20)30-15-8-6-5-7-9-15/h10,13,15H,5-9,11-12,23-24H2,1-4H3,(H,25,28)/b19-17-. The molecule has 0 aromatic carbocycles. The number of hydrazine groups is 1. The molecule has 1 aromatic rings. The van der Waals surface area contributed by atoms with Crippen LogP contribution >= 0.6 is 0 Å². The highest BCUT2D eigenvalue weighted by Crippen LogP contribution is 2.28. The summed E-state index contributed by atoms with van der Waals surface area (Å²) in [5.74, 6) is 5.88. The molecule has 0 aliphatic heterocycles. The number of halogens is 1. The van der Waals surface area contributed by atoms with Crippen molar-refractivity contribution >= 4 is 11.8 Å². The molecule has 5 N–H and O–H groups in total. The number of alkyl carbamates (subject to hydrolysis) is 1. The molecule has 1 fully saturated rings. The van der Waals surface area contributed by atoms with E-state index < -0.39 is 11.9 Å². The van der Waals surface area contributed by atoms with E-state index in [-0.39, 0.29) is 36.6 Å². The Labute approximate surface area is 177 Å². The normalized spacial score (nSPS) is 15.6. The average Bonchev–Trinajstić information content (AvgIpc) is 2.69. The molecule has 1 aromatic heterocycles. The molecule has 0 saturated heterocycles. The van der Waals surface area contributed by atoms with E-state index in [1.807, 2.05) is 13.8 Å². The van der Waals surface area contributed by atoms with Gasteiger partial charge in [-0.3, -0.25) is 0 Å². The minimum absolute atomic E-state index is 0.0315. The third kappa shape index (κ3) is 6.76. The molecule has 8 nitrogen and oxygen atoms in total. The molecule has 30 heavy (non-hydrogen) atoms. The van der Waals surface area contributed by atoms with Crippen LogP contribution in [0.3, 0.4) is 0 Å². The largest absolute Gasteiger partial charge is 0.488 e. The van der Waals surface area contributed by atoms with Crippen molar-refractivity contribution in [1.82, 2.24) is 15.3 Å². The van der Waals surface area contributed by atoms with Gasteiger partial charge in [-0.2, -0.15) is 0 Å². The second kappa shape index (κ2) is 11.0. The predicted molar refractivity (Wildman–Crippen MR) is 114 cm³/mol. The van der Waals surface area contributed by atoms with Crippen molar-refractivity contribution in [1.29, 1.82) is 0 Å². The molecule has 1 saturated carbocycles. The summed E-state index contributed by atoms with van der Waals surface area (Å²) in [7, 11) is 1.55. The molecule has 1 aliphatic carbocycles. The molecular formula is C21H34FN5O3. The van der Waals surface area contributed by atoms with Gasteiger partial charge in [-0.05, 0) is 38.5 Å². The lowest BCUT2D eigenvalue weighted by Gasteiger charge is -2.24. The van der Waals surface area contributed by atoms with Gasteiger partial charge in [0.15, 0.2) is 5.82 Å². The van der Waals surface area contributed by atoms with E-state index in [1.165, 1.54) is 17.5 Å². The van der Waals surface area contributed by atoms with E-state index in [4.69, 9.17) is 21.1 Å². The zero-order valence-corrected chi connectivity index (χ0v) is 18.3. The number of hydrogen-bond donors (Lipinski definition) is 3. The van der Waals surface area contributed by atoms with Crippen LogP contribution in [0.1, 0.15) is 57.3 Å². The lowest BCUT2D eigenvalue weighted by molar-refractivity contribution is 0.133. The summed E-state index contributed by atoms with van der Waals surface area (Å²) in [6.45, 7) is 5.88. The molecule has 2 rings (SSSR count). The Morgan fingerprint density at radius 1 is 1.37 bits per heavy atom. The van der Waals surface area contributed by atoms with E-state index >= 15 is 0 Å². The van der Waals surface area contributed by atoms with E-state index in [9.17, 15) is 9.18 Å². The number of pyridine rings is 1. The second-order valence-electron chi connectivity index (χ2n) is 8.10. The van der Waals surface area contributed by atoms with Crippen LogP contribution in [0.2, 0.25) is 0 Å². The number of nitrogens with one attached hydrogen (secondary N) is 1. The molecule has 1 heterocycles. The van der Waals surface area contributed by atoms with Crippen molar-refractivity contribution in [3.05, 3.63) is 29.0 Å². The number of ether oxygens (including phenoxy) is 2. The Morgan fingerprint density at radius 3 is 2.63 bits per heavy atom. The Morgan fingerprint density at radius 2 is 2.03 bits per heavy atom. The maximum Gasteiger partial charge on any atom is 0.407 e. The number of amides is 1. The van der Waals surface area contributed by atoms with Gasteiger partial charge in [-0.1, -0.05) is 20.3 Å². The van der Waals surface area contributed by atoms with Gasteiger partial charge in [0.05, 0.1) is 36.3 Å². The first-order valence-corrected chi connectivity index (χ1v) is 10.4. The van der Waals surface area contributed by atoms with Gasteiger partial charge >= 0.3 is 6.09 Å². The molecule has 0 atom stereocenters. The van der Waals surface area contributed by atoms with Crippen LogP contribution in [0.5, 0.6) is 5.75 Å². The summed E-state index contributed by atoms with van der Waals surface area (Å²) < 4.78 is 25.9. The Bertz CT molecular complexity index is 761. The third-order valence-electron chi connectivity index (χ3n) is 4.91. The first-order valence-electron chi connectivity index (χ1n) is 10.4. The van der Waals surface area contributed by atoms with Crippen molar-refractivity contribution in [3.8, 4) is 5.75 Å². The number of carbonyl (C=O) groups is 1. The van der Waals surface area contributed by atoms with Crippen LogP contribution < -0.4 is 21.6 Å². The Kier molecular flexibility index (Phi) is 8.71. The number of carbonyl (C=O) groups excluding carboxylic acids is 1. The molecule has 168 valence electrons. The van der Waals surface area contributed by atoms with Crippen molar-refractivity contribution in [2.45, 2.75) is 59.0 Å². The van der Waals surface area contributed by atoms with Crippen LogP contribution in [-0.2, 0) is 4.74 Å². The van der Waals surface area contributed by atoms with Crippen LogP contribution in [0, 0.1) is 18.7 Å². The van der Waals surface area contributed by atoms with Crippen LogP contribution in [-0.4, -0.2) is 42.4 Å². The number of aromatic nitrogens is 1. The minimum atomic E-state index is -0.606. The predicted octanol–water partition coefficient (Wildman–Crippen LogP) is 3.06. The number of rotatable bonds is 8. The Balaban J connectivity index is 2.17. The maximum atomic E-state index is 14.8. The van der Waals surface area contributed by atoms with Crippen LogP contribution in [0.25, 0.3) is 5.70 Å². The molecule has 1 amide bonds. The fraction of sp³-hybridized carbons (Fsp3) is 0.619. The summed E-state index contributed by atoms with van der Waals surface area (Å²) in [5, 5.41) is 3.80. The quantitative estimate of drug-likeness (QED) is 0.435. The van der Waals surface area contributed by atoms with E-state index in [0.29, 0.717) is 17.1 Å². The van der Waals surface area contributed by atoms with E-state index in [2.05, 4.69) is 10.3 Å². The van der Waals surface area contributed by atoms with Crippen molar-refractivity contribution < 1.29 is 18.7 Å². The summed E-state index contributed by atoms with van der Waals surface area (Å²) in [6, 6.07) is 1.32. The summed E-state index contributed by atoms with van der Waals surface area (Å²) >= 11 is 0. The van der Waals surface area contributed by atoms with Gasteiger partial charge in [0.25, 0.3) is 0 Å². The fourth-order valence-electron chi connectivity index (χ4n) is 3.23. The number of hydrogen-bond acceptors (Lipinski definition) is 7. The number of nitrogens with two attached hydrogens (primary N) is 2. The fourth-order valence-corrected chi connectivity index (χ4v) is 3.23. The lowest BCUT2D eigenvalue weighted by Crippen LogP contribution is -2.37. The number of likely N-dealkylation sites (N-methyl/N-ethyl adjacent to an activating group) is 1. The van der Waals surface area contributed by atoms with Gasteiger partial charge in [0.1, 0.15) is 11.4 Å². The minimum Gasteiger partial charge on any atom is -0.488 e. The smallest absolute Gasteiger partial charge is 0.407 e. The topological polar surface area (TPSA) is 116 Å². The lowest BCUT2D eigenvalue weighted by atomic mass is 9.98. The van der Waals surface area contributed by atoms with Gasteiger partial charge < -0.3 is 25.5 Å². The first-order chi connectivity index (χ1) is 14.2. The van der Waals surface area contributed by atoms with Gasteiger partial charge in [-0.25, -0.2) is 20.0 Å². The Hall–Kier alpha value is -2.55. The van der Waals surface area contributed by atoms with Crippen molar-refractivity contribution in [3.63, 3.8) is 0 Å². The average molecular weight is 424 g/mol. The zero-order chi connectivity index (χ0) is 22.3.